The van der Waals surface area contributed by atoms with Gasteiger partial charge in [0.1, 0.15) is 35.8 Å². The summed E-state index contributed by atoms with van der Waals surface area (Å²) in [6.07, 6.45) is 1.96. The number of aliphatic imine (C=N–C) groups is 3. The first-order valence-corrected chi connectivity index (χ1v) is 13.8. The Morgan fingerprint density at radius 3 is 2.10 bits per heavy atom. The van der Waals surface area contributed by atoms with Crippen LogP contribution >= 0.6 is 0 Å². The smallest absolute Gasteiger partial charge is 0.162 e. The Balaban J connectivity index is 1.47. The Hall–Kier alpha value is -5.56. The van der Waals surface area contributed by atoms with Crippen molar-refractivity contribution in [3.05, 3.63) is 130 Å². The molecule has 0 aliphatic carbocycles. The van der Waals surface area contributed by atoms with Crippen molar-refractivity contribution in [2.24, 2.45) is 20.0 Å². The number of fused-ring (bicyclic) bond motifs is 15. The molecule has 2 aromatic heterocycles. The summed E-state index contributed by atoms with van der Waals surface area (Å²) in [5.74, 6) is 3.26. The number of nitrogens with zero attached hydrogens (tertiary/aromatic N) is 6. The molecular weight excluding hydrogens is 506 g/mol. The Bertz CT molecular complexity index is 2380. The highest BCUT2D eigenvalue weighted by Crippen LogP contribution is 2.40. The molecule has 0 saturated carbocycles. The molecule has 4 aliphatic heterocycles. The van der Waals surface area contributed by atoms with Gasteiger partial charge in [0, 0.05) is 43.8 Å². The molecule has 6 aromatic rings. The van der Waals surface area contributed by atoms with Gasteiger partial charge in [-0.15, -0.1) is 0 Å². The Morgan fingerprint density at radius 2 is 1.27 bits per heavy atom. The molecule has 7 nitrogen and oxygen atoms in total. The highest BCUT2D eigenvalue weighted by Gasteiger charge is 2.30. The first kappa shape index (κ1) is 21.3. The maximum atomic E-state index is 5.40. The van der Waals surface area contributed by atoms with Gasteiger partial charge in [0.05, 0.1) is 11.1 Å². The van der Waals surface area contributed by atoms with E-state index in [0.717, 1.165) is 83.7 Å². The van der Waals surface area contributed by atoms with Crippen LogP contribution < -0.4 is 16.2 Å². The first-order valence-electron chi connectivity index (χ1n) is 13.8. The molecule has 7 heteroatoms. The quantitative estimate of drug-likeness (QED) is 0.294. The summed E-state index contributed by atoms with van der Waals surface area (Å²) in [6, 6.07) is 33.7. The van der Waals surface area contributed by atoms with Crippen molar-refractivity contribution < 1.29 is 0 Å². The van der Waals surface area contributed by atoms with Gasteiger partial charge in [0.2, 0.25) is 0 Å². The van der Waals surface area contributed by atoms with Crippen LogP contribution in [0.2, 0.25) is 0 Å². The van der Waals surface area contributed by atoms with E-state index in [1.54, 1.807) is 0 Å². The summed E-state index contributed by atoms with van der Waals surface area (Å²) >= 11 is 0. The lowest BCUT2D eigenvalue weighted by Crippen LogP contribution is -2.33. The van der Waals surface area contributed by atoms with Crippen molar-refractivity contribution in [3.8, 4) is 0 Å². The average Bonchev–Trinajstić information content (AvgIpc) is 3.72. The molecule has 1 atom stereocenters. The molecule has 10 rings (SSSR count). The lowest BCUT2D eigenvalue weighted by molar-refractivity contribution is 0.567. The van der Waals surface area contributed by atoms with E-state index in [1.807, 2.05) is 0 Å². The van der Waals surface area contributed by atoms with Crippen LogP contribution in [0.25, 0.3) is 27.6 Å². The zero-order valence-corrected chi connectivity index (χ0v) is 21.8. The predicted molar refractivity (Wildman–Crippen MR) is 162 cm³/mol. The van der Waals surface area contributed by atoms with E-state index in [4.69, 9.17) is 20.0 Å². The second kappa shape index (κ2) is 7.55. The van der Waals surface area contributed by atoms with Crippen molar-refractivity contribution in [1.82, 2.24) is 14.5 Å². The molecule has 0 fully saturated rings. The van der Waals surface area contributed by atoms with E-state index in [9.17, 15) is 0 Å². The SMILES string of the molecule is C1=c2/c3ccccc3c3n2Cn2c(c4ccccc4c2N=C2NC(N=3)c3ccccc32)N=C2N=C/1c1ccccc12. The van der Waals surface area contributed by atoms with Gasteiger partial charge >= 0.3 is 0 Å². The fourth-order valence-electron chi connectivity index (χ4n) is 6.74. The molecule has 192 valence electrons. The Labute approximate surface area is 233 Å². The van der Waals surface area contributed by atoms with Crippen LogP contribution in [0.1, 0.15) is 28.4 Å². The Morgan fingerprint density at radius 1 is 0.610 bits per heavy atom. The molecule has 4 aromatic carbocycles. The fourth-order valence-corrected chi connectivity index (χ4v) is 6.74. The van der Waals surface area contributed by atoms with Crippen LogP contribution in [0, 0.1) is 0 Å². The van der Waals surface area contributed by atoms with Crippen molar-refractivity contribution in [2.45, 2.75) is 12.8 Å². The first-order chi connectivity index (χ1) is 20.3. The van der Waals surface area contributed by atoms with Crippen LogP contribution in [-0.4, -0.2) is 26.5 Å². The number of aromatic nitrogens is 2. The zero-order chi connectivity index (χ0) is 26.7. The molecule has 1 N–H and O–H groups in total. The zero-order valence-electron chi connectivity index (χ0n) is 21.8. The molecular formula is C34H21N7. The van der Waals surface area contributed by atoms with Crippen molar-refractivity contribution >= 4 is 56.6 Å². The third-order valence-electron chi connectivity index (χ3n) is 8.60. The summed E-state index contributed by atoms with van der Waals surface area (Å²) in [7, 11) is 0. The van der Waals surface area contributed by atoms with Crippen LogP contribution in [-0.2, 0) is 6.67 Å². The molecule has 4 aliphatic rings. The molecule has 0 radical (unpaired) electrons. The molecule has 1 unspecified atom stereocenters. The van der Waals surface area contributed by atoms with E-state index in [2.05, 4.69) is 118 Å². The second-order valence-electron chi connectivity index (χ2n) is 10.8. The van der Waals surface area contributed by atoms with E-state index in [0.29, 0.717) is 6.67 Å². The van der Waals surface area contributed by atoms with Crippen LogP contribution in [0.15, 0.2) is 117 Å². The van der Waals surface area contributed by atoms with Crippen molar-refractivity contribution in [1.29, 1.82) is 0 Å². The normalized spacial score (nSPS) is 18.3. The maximum Gasteiger partial charge on any atom is 0.162 e. The standard InChI is InChI=1S/C34H21N7/c1-3-11-21-19(9-1)27-17-28-20-10-2-6-14-24(20)32-38-30-22-12-4-5-13-23(22)31(36-30)39-34-26-16-8-7-15-25(26)33(37-29(21)35-27)41(34)18-40(28)32/h1-17,30H,18H2,(H,36,39)/b28-17-,37-29?,38-32?. The summed E-state index contributed by atoms with van der Waals surface area (Å²) in [5.41, 5.74) is 6.16. The van der Waals surface area contributed by atoms with E-state index in [1.165, 1.54) is 0 Å². The minimum absolute atomic E-state index is 0.246. The van der Waals surface area contributed by atoms with Crippen molar-refractivity contribution in [3.63, 3.8) is 0 Å². The van der Waals surface area contributed by atoms with Gasteiger partial charge in [-0.1, -0.05) is 97.1 Å². The number of hydrogen-bond donors (Lipinski definition) is 1. The van der Waals surface area contributed by atoms with E-state index in [-0.39, 0.29) is 6.17 Å². The molecule has 0 amide bonds. The summed E-state index contributed by atoms with van der Waals surface area (Å²) < 4.78 is 4.54. The minimum atomic E-state index is -0.246. The third-order valence-corrected chi connectivity index (χ3v) is 8.60. The van der Waals surface area contributed by atoms with Crippen LogP contribution in [0.3, 0.4) is 0 Å². The monoisotopic (exact) mass is 527 g/mol. The summed E-state index contributed by atoms with van der Waals surface area (Å²) in [6.45, 7) is 0.513. The number of nitrogens with one attached hydrogen (secondary N) is 1. The van der Waals surface area contributed by atoms with Crippen molar-refractivity contribution in [2.75, 3.05) is 0 Å². The molecule has 0 spiro atoms. The lowest BCUT2D eigenvalue weighted by atomic mass is 10.0. The number of rotatable bonds is 0. The van der Waals surface area contributed by atoms with Gasteiger partial charge in [-0.25, -0.2) is 20.0 Å². The average molecular weight is 528 g/mol. The molecule has 6 heterocycles. The largest absolute Gasteiger partial charge is 0.344 e. The van der Waals surface area contributed by atoms with Gasteiger partial charge < -0.3 is 9.88 Å². The highest BCUT2D eigenvalue weighted by atomic mass is 15.3. The summed E-state index contributed by atoms with van der Waals surface area (Å²) in [4.78, 5) is 21.1. The Kier molecular flexibility index (Phi) is 3.92. The third kappa shape index (κ3) is 2.77. The van der Waals surface area contributed by atoms with Gasteiger partial charge in [-0.2, -0.15) is 0 Å². The predicted octanol–water partition coefficient (Wildman–Crippen LogP) is 5.09. The van der Waals surface area contributed by atoms with E-state index < -0.39 is 0 Å². The number of benzene rings is 4. The van der Waals surface area contributed by atoms with Crippen LogP contribution in [0.4, 0.5) is 11.6 Å². The second-order valence-corrected chi connectivity index (χ2v) is 10.8. The minimum Gasteiger partial charge on any atom is -0.344 e. The maximum absolute atomic E-state index is 5.40. The van der Waals surface area contributed by atoms with Gasteiger partial charge in [0.15, 0.2) is 5.84 Å². The van der Waals surface area contributed by atoms with Gasteiger partial charge in [0.25, 0.3) is 0 Å². The highest BCUT2D eigenvalue weighted by molar-refractivity contribution is 6.34. The fraction of sp³-hybridized carbons (Fsp3) is 0.0588. The van der Waals surface area contributed by atoms with Crippen LogP contribution in [0.5, 0.6) is 0 Å². The molecule has 41 heavy (non-hydrogen) atoms. The summed E-state index contributed by atoms with van der Waals surface area (Å²) in [5, 5.41) is 9.07. The number of amidine groups is 2. The number of hydrogen-bond acceptors (Lipinski definition) is 5. The van der Waals surface area contributed by atoms with E-state index >= 15 is 0 Å². The topological polar surface area (TPSA) is 71.3 Å². The lowest BCUT2D eigenvalue weighted by Gasteiger charge is -2.15. The van der Waals surface area contributed by atoms with Gasteiger partial charge in [-0.05, 0) is 6.08 Å². The molecule has 0 saturated heterocycles. The molecule has 6 bridgehead atoms. The van der Waals surface area contributed by atoms with Gasteiger partial charge in [-0.3, -0.25) is 4.57 Å².